The molecule has 0 spiro atoms. The molecule has 0 aliphatic rings. The van der Waals surface area contributed by atoms with E-state index < -0.39 is 5.97 Å². The molecule has 0 N–H and O–H groups in total. The van der Waals surface area contributed by atoms with Gasteiger partial charge in [-0.1, -0.05) is 58.4 Å². The lowest BCUT2D eigenvalue weighted by atomic mass is 10.0. The summed E-state index contributed by atoms with van der Waals surface area (Å²) < 4.78 is 19.1. The number of benzene rings is 4. The SMILES string of the molecule is CCOC(=O)COc1ccc2ccccc2c1C=Nn1c(-c2cc3cc(Br)ccc3o2)nc2ccccc2c1=O. The topological polar surface area (TPSA) is 95.9 Å². The summed E-state index contributed by atoms with van der Waals surface area (Å²) in [5.41, 5.74) is 1.42. The van der Waals surface area contributed by atoms with E-state index in [1.54, 1.807) is 37.4 Å². The van der Waals surface area contributed by atoms with Crippen LogP contribution in [0.4, 0.5) is 0 Å². The van der Waals surface area contributed by atoms with Gasteiger partial charge in [-0.2, -0.15) is 9.78 Å². The first-order valence-electron chi connectivity index (χ1n) is 12.6. The highest BCUT2D eigenvalue weighted by atomic mass is 79.9. The van der Waals surface area contributed by atoms with Gasteiger partial charge in [0.15, 0.2) is 12.4 Å². The van der Waals surface area contributed by atoms with Crippen LogP contribution in [0, 0.1) is 0 Å². The molecule has 0 aliphatic carbocycles. The van der Waals surface area contributed by atoms with Gasteiger partial charge >= 0.3 is 5.97 Å². The molecule has 40 heavy (non-hydrogen) atoms. The van der Waals surface area contributed by atoms with Crippen molar-refractivity contribution < 1.29 is 18.7 Å². The van der Waals surface area contributed by atoms with Gasteiger partial charge in [0.2, 0.25) is 5.82 Å². The third-order valence-electron chi connectivity index (χ3n) is 6.34. The van der Waals surface area contributed by atoms with Crippen LogP contribution in [-0.4, -0.2) is 35.1 Å². The molecule has 0 saturated heterocycles. The summed E-state index contributed by atoms with van der Waals surface area (Å²) in [6, 6.07) is 26.0. The highest BCUT2D eigenvalue weighted by Gasteiger charge is 2.17. The average molecular weight is 596 g/mol. The predicted molar refractivity (Wildman–Crippen MR) is 158 cm³/mol. The summed E-state index contributed by atoms with van der Waals surface area (Å²) in [6.45, 7) is 1.73. The minimum atomic E-state index is -0.479. The molecule has 0 radical (unpaired) electrons. The monoisotopic (exact) mass is 595 g/mol. The number of rotatable bonds is 7. The number of halogens is 1. The van der Waals surface area contributed by atoms with E-state index in [0.717, 1.165) is 20.6 Å². The van der Waals surface area contributed by atoms with Crippen LogP contribution >= 0.6 is 15.9 Å². The molecule has 0 fully saturated rings. The molecule has 0 atom stereocenters. The van der Waals surface area contributed by atoms with E-state index in [9.17, 15) is 9.59 Å². The molecule has 4 aromatic carbocycles. The number of carbonyl (C=O) groups is 1. The van der Waals surface area contributed by atoms with Gasteiger partial charge < -0.3 is 13.9 Å². The Labute approximate surface area is 236 Å². The van der Waals surface area contributed by atoms with Gasteiger partial charge in [-0.3, -0.25) is 4.79 Å². The minimum Gasteiger partial charge on any atom is -0.481 e. The number of esters is 1. The maximum absolute atomic E-state index is 13.7. The van der Waals surface area contributed by atoms with Gasteiger partial charge in [0, 0.05) is 15.4 Å². The number of carbonyl (C=O) groups excluding carboxylic acids is 1. The number of fused-ring (bicyclic) bond motifs is 3. The number of aromatic nitrogens is 2. The second-order valence-corrected chi connectivity index (χ2v) is 9.81. The summed E-state index contributed by atoms with van der Waals surface area (Å²) >= 11 is 3.49. The summed E-state index contributed by atoms with van der Waals surface area (Å²) in [7, 11) is 0. The summed E-state index contributed by atoms with van der Waals surface area (Å²) in [5.74, 6) is 0.589. The number of hydrogen-bond acceptors (Lipinski definition) is 7. The van der Waals surface area contributed by atoms with Crippen LogP contribution in [-0.2, 0) is 9.53 Å². The van der Waals surface area contributed by atoms with Crippen molar-refractivity contribution in [2.24, 2.45) is 5.10 Å². The Kier molecular flexibility index (Phi) is 6.88. The van der Waals surface area contributed by atoms with E-state index >= 15 is 0 Å². The number of hydrogen-bond donors (Lipinski definition) is 0. The Hall–Kier alpha value is -4.76. The molecule has 0 unspecified atom stereocenters. The first-order valence-corrected chi connectivity index (χ1v) is 13.4. The van der Waals surface area contributed by atoms with Gasteiger partial charge in [0.1, 0.15) is 11.3 Å². The summed E-state index contributed by atoms with van der Waals surface area (Å²) in [4.78, 5) is 30.5. The van der Waals surface area contributed by atoms with Crippen LogP contribution in [0.25, 0.3) is 44.2 Å². The molecule has 0 aliphatic heterocycles. The highest BCUT2D eigenvalue weighted by Crippen LogP contribution is 2.30. The lowest BCUT2D eigenvalue weighted by Crippen LogP contribution is -2.20. The molecule has 0 amide bonds. The molecule has 9 heteroatoms. The van der Waals surface area contributed by atoms with Gasteiger partial charge in [0.05, 0.1) is 23.7 Å². The lowest BCUT2D eigenvalue weighted by molar-refractivity contribution is -0.145. The van der Waals surface area contributed by atoms with Gasteiger partial charge in [-0.15, -0.1) is 0 Å². The van der Waals surface area contributed by atoms with Crippen molar-refractivity contribution in [2.45, 2.75) is 6.92 Å². The van der Waals surface area contributed by atoms with Gasteiger partial charge in [-0.25, -0.2) is 9.78 Å². The third-order valence-corrected chi connectivity index (χ3v) is 6.83. The second-order valence-electron chi connectivity index (χ2n) is 8.90. The molecular formula is C31H22BrN3O5. The molecule has 198 valence electrons. The molecule has 6 rings (SSSR count). The molecule has 0 saturated carbocycles. The van der Waals surface area contributed by atoms with Gasteiger partial charge in [-0.05, 0) is 60.2 Å². The molecule has 6 aromatic rings. The summed E-state index contributed by atoms with van der Waals surface area (Å²) in [6.07, 6.45) is 1.55. The van der Waals surface area contributed by atoms with Crippen molar-refractivity contribution in [1.82, 2.24) is 9.66 Å². The van der Waals surface area contributed by atoms with Crippen molar-refractivity contribution in [3.63, 3.8) is 0 Å². The largest absolute Gasteiger partial charge is 0.481 e. The zero-order valence-corrected chi connectivity index (χ0v) is 22.9. The van der Waals surface area contributed by atoms with E-state index in [2.05, 4.69) is 21.0 Å². The van der Waals surface area contributed by atoms with Crippen LogP contribution in [0.2, 0.25) is 0 Å². The lowest BCUT2D eigenvalue weighted by Gasteiger charge is -2.12. The maximum atomic E-state index is 13.7. The number of para-hydroxylation sites is 1. The van der Waals surface area contributed by atoms with E-state index in [1.165, 1.54) is 4.68 Å². The van der Waals surface area contributed by atoms with Gasteiger partial charge in [0.25, 0.3) is 5.56 Å². The van der Waals surface area contributed by atoms with E-state index in [0.29, 0.717) is 33.6 Å². The highest BCUT2D eigenvalue weighted by molar-refractivity contribution is 9.10. The quantitative estimate of drug-likeness (QED) is 0.153. The Morgan fingerprint density at radius 1 is 1.00 bits per heavy atom. The van der Waals surface area contributed by atoms with E-state index in [1.807, 2.05) is 60.7 Å². The number of nitrogens with zero attached hydrogens (tertiary/aromatic N) is 3. The molecule has 2 aromatic heterocycles. The Balaban J connectivity index is 1.52. The van der Waals surface area contributed by atoms with Crippen LogP contribution in [0.5, 0.6) is 5.75 Å². The smallest absolute Gasteiger partial charge is 0.344 e. The Morgan fingerprint density at radius 2 is 1.80 bits per heavy atom. The zero-order valence-electron chi connectivity index (χ0n) is 21.3. The van der Waals surface area contributed by atoms with Crippen LogP contribution in [0.15, 0.2) is 104 Å². The minimum absolute atomic E-state index is 0.251. The third kappa shape index (κ3) is 4.87. The fraction of sp³-hybridized carbons (Fsp3) is 0.0968. The van der Waals surface area contributed by atoms with Crippen molar-refractivity contribution >= 4 is 60.8 Å². The molecule has 0 bridgehead atoms. The number of ether oxygens (including phenoxy) is 2. The van der Waals surface area contributed by atoms with Crippen LogP contribution in [0.3, 0.4) is 0 Å². The standard InChI is InChI=1S/C31H22BrN3O5/c1-2-38-29(36)18-39-27-13-11-19-7-3-4-8-22(19)24(27)17-33-35-30(34-25-10-6-5-9-23(25)31(35)37)28-16-20-15-21(32)12-14-26(20)40-28/h3-17H,2,18H2,1H3. The van der Waals surface area contributed by atoms with Crippen LogP contribution < -0.4 is 10.3 Å². The maximum Gasteiger partial charge on any atom is 0.344 e. The fourth-order valence-corrected chi connectivity index (χ4v) is 4.88. The van der Waals surface area contributed by atoms with Crippen molar-refractivity contribution in [2.75, 3.05) is 13.2 Å². The predicted octanol–water partition coefficient (Wildman–Crippen LogP) is 6.55. The fourth-order valence-electron chi connectivity index (χ4n) is 4.50. The molecular weight excluding hydrogens is 574 g/mol. The average Bonchev–Trinajstić information content (AvgIpc) is 3.39. The van der Waals surface area contributed by atoms with Crippen molar-refractivity contribution in [1.29, 1.82) is 0 Å². The molecule has 8 nitrogen and oxygen atoms in total. The first-order chi connectivity index (χ1) is 19.5. The number of furan rings is 1. The van der Waals surface area contributed by atoms with E-state index in [4.69, 9.17) is 18.9 Å². The van der Waals surface area contributed by atoms with E-state index in [-0.39, 0.29) is 24.6 Å². The summed E-state index contributed by atoms with van der Waals surface area (Å²) in [5, 5.41) is 7.67. The first kappa shape index (κ1) is 25.5. The second kappa shape index (κ2) is 10.8. The Bertz CT molecular complexity index is 1990. The molecule has 2 heterocycles. The van der Waals surface area contributed by atoms with Crippen LogP contribution in [0.1, 0.15) is 12.5 Å². The van der Waals surface area contributed by atoms with Crippen molar-refractivity contribution in [3.05, 3.63) is 105 Å². The Morgan fingerprint density at radius 3 is 2.65 bits per heavy atom. The van der Waals surface area contributed by atoms with Crippen molar-refractivity contribution in [3.8, 4) is 17.3 Å². The normalized spacial score (nSPS) is 11.6. The zero-order chi connectivity index (χ0) is 27.6.